The van der Waals surface area contributed by atoms with Crippen molar-refractivity contribution in [3.05, 3.63) is 82.7 Å². The van der Waals surface area contributed by atoms with Gasteiger partial charge in [0.15, 0.2) is 23.1 Å². The Balaban J connectivity index is 1.68. The summed E-state index contributed by atoms with van der Waals surface area (Å²) in [5.74, 6) is -0.329. The van der Waals surface area contributed by atoms with Gasteiger partial charge in [0, 0.05) is 17.8 Å². The molecule has 0 spiro atoms. The molecular formula is C22H20FN3O5. The van der Waals surface area contributed by atoms with Gasteiger partial charge in [-0.2, -0.15) is 0 Å². The lowest BCUT2D eigenvalue weighted by atomic mass is 10.2. The Morgan fingerprint density at radius 1 is 1.03 bits per heavy atom. The lowest BCUT2D eigenvalue weighted by Gasteiger charge is -2.16. The molecule has 0 saturated carbocycles. The molecule has 3 rings (SSSR count). The predicted octanol–water partition coefficient (Wildman–Crippen LogP) is 4.97. The van der Waals surface area contributed by atoms with Crippen molar-refractivity contribution >= 4 is 23.0 Å². The van der Waals surface area contributed by atoms with E-state index in [1.807, 2.05) is 0 Å². The van der Waals surface area contributed by atoms with Gasteiger partial charge in [-0.05, 0) is 37.3 Å². The van der Waals surface area contributed by atoms with Gasteiger partial charge >= 0.3 is 0 Å². The van der Waals surface area contributed by atoms with E-state index >= 15 is 0 Å². The van der Waals surface area contributed by atoms with Crippen LogP contribution in [-0.2, 0) is 4.79 Å². The van der Waals surface area contributed by atoms with Crippen LogP contribution < -0.4 is 20.1 Å². The summed E-state index contributed by atoms with van der Waals surface area (Å²) in [6.07, 6.45) is 0. The molecular weight excluding hydrogens is 405 g/mol. The van der Waals surface area contributed by atoms with E-state index in [4.69, 9.17) is 9.47 Å². The third-order valence-corrected chi connectivity index (χ3v) is 4.36. The standard InChI is InChI=1S/C22H20FN3O5/c1-14(22(27)25-17-7-3-4-8-18(17)26(28)29)24-15-11-12-19(16(23)13-15)31-21-10-6-5-9-20(21)30-2/h3-14,24H,1-2H3,(H,25,27). The number of nitro groups is 1. The van der Waals surface area contributed by atoms with Crippen molar-refractivity contribution in [2.24, 2.45) is 0 Å². The fourth-order valence-electron chi connectivity index (χ4n) is 2.79. The summed E-state index contributed by atoms with van der Waals surface area (Å²) < 4.78 is 25.3. The summed E-state index contributed by atoms with van der Waals surface area (Å²) in [4.78, 5) is 22.9. The molecule has 160 valence electrons. The fourth-order valence-corrected chi connectivity index (χ4v) is 2.79. The number of amides is 1. The highest BCUT2D eigenvalue weighted by atomic mass is 19.1. The van der Waals surface area contributed by atoms with Crippen LogP contribution in [0.5, 0.6) is 17.2 Å². The minimum atomic E-state index is -0.791. The van der Waals surface area contributed by atoms with E-state index in [-0.39, 0.29) is 17.1 Å². The Morgan fingerprint density at radius 3 is 2.39 bits per heavy atom. The number of nitrogens with zero attached hydrogens (tertiary/aromatic N) is 1. The summed E-state index contributed by atoms with van der Waals surface area (Å²) in [5, 5.41) is 16.5. The quantitative estimate of drug-likeness (QED) is 0.390. The molecule has 0 saturated heterocycles. The molecule has 0 aromatic heterocycles. The van der Waals surface area contributed by atoms with E-state index in [1.54, 1.807) is 43.3 Å². The van der Waals surface area contributed by atoms with E-state index in [1.165, 1.54) is 37.4 Å². The van der Waals surface area contributed by atoms with Crippen LogP contribution in [0.1, 0.15) is 6.92 Å². The molecule has 8 nitrogen and oxygen atoms in total. The zero-order valence-electron chi connectivity index (χ0n) is 16.8. The van der Waals surface area contributed by atoms with Gasteiger partial charge in [-0.1, -0.05) is 24.3 Å². The molecule has 0 heterocycles. The largest absolute Gasteiger partial charge is 0.493 e. The van der Waals surface area contributed by atoms with Gasteiger partial charge in [-0.15, -0.1) is 0 Å². The first kappa shape index (κ1) is 21.6. The topological polar surface area (TPSA) is 103 Å². The summed E-state index contributed by atoms with van der Waals surface area (Å²) in [5.41, 5.74) is 0.208. The highest BCUT2D eigenvalue weighted by Crippen LogP contribution is 2.33. The number of rotatable bonds is 8. The van der Waals surface area contributed by atoms with Gasteiger partial charge in [-0.3, -0.25) is 14.9 Å². The second-order valence-corrected chi connectivity index (χ2v) is 6.53. The zero-order valence-corrected chi connectivity index (χ0v) is 16.8. The van der Waals surface area contributed by atoms with E-state index in [0.717, 1.165) is 0 Å². The molecule has 0 radical (unpaired) electrons. The number of ether oxygens (including phenoxy) is 2. The van der Waals surface area contributed by atoms with Crippen LogP contribution in [0, 0.1) is 15.9 Å². The first-order chi connectivity index (χ1) is 14.9. The summed E-state index contributed by atoms with van der Waals surface area (Å²) >= 11 is 0. The van der Waals surface area contributed by atoms with Gasteiger partial charge in [0.2, 0.25) is 5.91 Å². The predicted molar refractivity (Wildman–Crippen MR) is 114 cm³/mol. The number of hydrogen-bond acceptors (Lipinski definition) is 6. The second-order valence-electron chi connectivity index (χ2n) is 6.53. The highest BCUT2D eigenvalue weighted by Gasteiger charge is 2.19. The van der Waals surface area contributed by atoms with Crippen molar-refractivity contribution in [1.29, 1.82) is 0 Å². The Hall–Kier alpha value is -4.14. The Morgan fingerprint density at radius 2 is 1.71 bits per heavy atom. The number of hydrogen-bond donors (Lipinski definition) is 2. The lowest BCUT2D eigenvalue weighted by Crippen LogP contribution is -2.32. The van der Waals surface area contributed by atoms with E-state index < -0.39 is 22.7 Å². The van der Waals surface area contributed by atoms with E-state index in [0.29, 0.717) is 17.2 Å². The number of para-hydroxylation sites is 4. The number of nitro benzene ring substituents is 1. The average Bonchev–Trinajstić information content (AvgIpc) is 2.76. The van der Waals surface area contributed by atoms with Crippen molar-refractivity contribution in [2.75, 3.05) is 17.7 Å². The Kier molecular flexibility index (Phi) is 6.66. The van der Waals surface area contributed by atoms with Crippen molar-refractivity contribution in [3.8, 4) is 17.2 Å². The number of carbonyl (C=O) groups excluding carboxylic acids is 1. The Labute approximate surface area is 177 Å². The van der Waals surface area contributed by atoms with Crippen LogP contribution in [0.25, 0.3) is 0 Å². The maximum atomic E-state index is 14.5. The molecule has 2 N–H and O–H groups in total. The molecule has 3 aromatic carbocycles. The maximum absolute atomic E-state index is 14.5. The van der Waals surface area contributed by atoms with Gasteiger partial charge < -0.3 is 20.1 Å². The maximum Gasteiger partial charge on any atom is 0.292 e. The van der Waals surface area contributed by atoms with Crippen LogP contribution >= 0.6 is 0 Å². The summed E-state index contributed by atoms with van der Waals surface area (Å²) in [6.45, 7) is 1.56. The second kappa shape index (κ2) is 9.57. The van der Waals surface area contributed by atoms with Gasteiger partial charge in [-0.25, -0.2) is 4.39 Å². The molecule has 0 bridgehead atoms. The molecule has 31 heavy (non-hydrogen) atoms. The number of carbonyl (C=O) groups is 1. The van der Waals surface area contributed by atoms with Gasteiger partial charge in [0.25, 0.3) is 5.69 Å². The smallest absolute Gasteiger partial charge is 0.292 e. The van der Waals surface area contributed by atoms with Crippen molar-refractivity contribution in [2.45, 2.75) is 13.0 Å². The molecule has 1 amide bonds. The van der Waals surface area contributed by atoms with E-state index in [2.05, 4.69) is 10.6 Å². The number of halogens is 1. The van der Waals surface area contributed by atoms with Crippen molar-refractivity contribution in [1.82, 2.24) is 0 Å². The molecule has 9 heteroatoms. The number of anilines is 2. The number of benzene rings is 3. The Bertz CT molecular complexity index is 1110. The normalized spacial score (nSPS) is 11.3. The molecule has 1 atom stereocenters. The molecule has 0 aliphatic carbocycles. The lowest BCUT2D eigenvalue weighted by molar-refractivity contribution is -0.383. The van der Waals surface area contributed by atoms with E-state index in [9.17, 15) is 19.3 Å². The van der Waals surface area contributed by atoms with Gasteiger partial charge in [0.05, 0.1) is 12.0 Å². The van der Waals surface area contributed by atoms with Crippen molar-refractivity contribution < 1.29 is 23.6 Å². The summed E-state index contributed by atoms with van der Waals surface area (Å²) in [6, 6.07) is 16.1. The first-order valence-electron chi connectivity index (χ1n) is 9.30. The minimum Gasteiger partial charge on any atom is -0.493 e. The monoisotopic (exact) mass is 425 g/mol. The first-order valence-corrected chi connectivity index (χ1v) is 9.30. The van der Waals surface area contributed by atoms with Crippen LogP contribution in [0.4, 0.5) is 21.5 Å². The van der Waals surface area contributed by atoms with Crippen LogP contribution in [-0.4, -0.2) is 24.0 Å². The molecule has 1 unspecified atom stereocenters. The molecule has 0 aliphatic heterocycles. The highest BCUT2D eigenvalue weighted by molar-refractivity contribution is 5.98. The van der Waals surface area contributed by atoms with Gasteiger partial charge in [0.1, 0.15) is 11.7 Å². The zero-order chi connectivity index (χ0) is 22.4. The molecule has 0 fully saturated rings. The van der Waals surface area contributed by atoms with Crippen LogP contribution in [0.15, 0.2) is 66.7 Å². The minimum absolute atomic E-state index is 0.00735. The SMILES string of the molecule is COc1ccccc1Oc1ccc(NC(C)C(=O)Nc2ccccc2[N+](=O)[O-])cc1F. The number of nitrogens with one attached hydrogen (secondary N) is 2. The fraction of sp³-hybridized carbons (Fsp3) is 0.136. The molecule has 0 aliphatic rings. The van der Waals surface area contributed by atoms with Crippen molar-refractivity contribution in [3.63, 3.8) is 0 Å². The third-order valence-electron chi connectivity index (χ3n) is 4.36. The number of methoxy groups -OCH3 is 1. The third kappa shape index (κ3) is 5.27. The van der Waals surface area contributed by atoms with Crippen LogP contribution in [0.3, 0.4) is 0 Å². The summed E-state index contributed by atoms with van der Waals surface area (Å²) in [7, 11) is 1.49. The molecule has 3 aromatic rings. The van der Waals surface area contributed by atoms with Crippen LogP contribution in [0.2, 0.25) is 0 Å². The average molecular weight is 425 g/mol.